The molecular weight excluding hydrogens is 350 g/mol. The van der Waals surface area contributed by atoms with Crippen LogP contribution in [0.1, 0.15) is 5.56 Å². The molecule has 2 aromatic rings. The zero-order valence-corrected chi connectivity index (χ0v) is 15.7. The quantitative estimate of drug-likeness (QED) is 0.518. The number of hydrazone groups is 1. The summed E-state index contributed by atoms with van der Waals surface area (Å²) in [6.07, 6.45) is 1.48. The summed E-state index contributed by atoms with van der Waals surface area (Å²) >= 11 is 0. The number of hydrogen-bond donors (Lipinski definition) is 2. The minimum Gasteiger partial charge on any atom is -0.497 e. The van der Waals surface area contributed by atoms with Crippen molar-refractivity contribution in [3.8, 4) is 23.0 Å². The van der Waals surface area contributed by atoms with Gasteiger partial charge in [-0.1, -0.05) is 6.07 Å². The van der Waals surface area contributed by atoms with Gasteiger partial charge in [0.2, 0.25) is 5.75 Å². The average molecular weight is 373 g/mol. The summed E-state index contributed by atoms with van der Waals surface area (Å²) in [7, 11) is 6.17. The van der Waals surface area contributed by atoms with Crippen LogP contribution >= 0.6 is 0 Å². The van der Waals surface area contributed by atoms with Crippen LogP contribution in [0.5, 0.6) is 23.0 Å². The Morgan fingerprint density at radius 2 is 1.78 bits per heavy atom. The fourth-order valence-electron chi connectivity index (χ4n) is 2.35. The lowest BCUT2D eigenvalue weighted by atomic mass is 10.2. The molecule has 0 aromatic heterocycles. The molecule has 0 saturated heterocycles. The number of amides is 1. The number of rotatable bonds is 9. The van der Waals surface area contributed by atoms with Crippen LogP contribution in [0, 0.1) is 0 Å². The van der Waals surface area contributed by atoms with E-state index in [0.29, 0.717) is 28.6 Å². The molecule has 0 saturated carbocycles. The van der Waals surface area contributed by atoms with E-state index in [-0.39, 0.29) is 12.5 Å². The van der Waals surface area contributed by atoms with Crippen molar-refractivity contribution >= 4 is 17.8 Å². The molecule has 0 spiro atoms. The molecule has 0 aliphatic rings. The summed E-state index contributed by atoms with van der Waals surface area (Å²) in [5, 5.41) is 6.96. The molecule has 27 heavy (non-hydrogen) atoms. The van der Waals surface area contributed by atoms with Crippen LogP contribution in [0.15, 0.2) is 41.5 Å². The second-order valence-electron chi connectivity index (χ2n) is 5.30. The summed E-state index contributed by atoms with van der Waals surface area (Å²) in [6.45, 7) is 0.0631. The highest BCUT2D eigenvalue weighted by Crippen LogP contribution is 2.38. The van der Waals surface area contributed by atoms with Crippen LogP contribution in [0.2, 0.25) is 0 Å². The second-order valence-corrected chi connectivity index (χ2v) is 5.30. The summed E-state index contributed by atoms with van der Waals surface area (Å²) in [5.74, 6) is 1.87. The van der Waals surface area contributed by atoms with Gasteiger partial charge in [0.15, 0.2) is 11.5 Å². The largest absolute Gasteiger partial charge is 0.497 e. The van der Waals surface area contributed by atoms with Gasteiger partial charge in [0.25, 0.3) is 5.91 Å². The summed E-state index contributed by atoms with van der Waals surface area (Å²) in [6, 6.07) is 10.8. The Hall–Kier alpha value is -3.42. The molecule has 2 aromatic carbocycles. The number of methoxy groups -OCH3 is 4. The highest BCUT2D eigenvalue weighted by Gasteiger charge is 2.14. The van der Waals surface area contributed by atoms with Gasteiger partial charge in [0.1, 0.15) is 5.75 Å². The van der Waals surface area contributed by atoms with Crippen molar-refractivity contribution in [3.05, 3.63) is 42.0 Å². The van der Waals surface area contributed by atoms with Crippen molar-refractivity contribution in [2.24, 2.45) is 5.10 Å². The van der Waals surface area contributed by atoms with Crippen molar-refractivity contribution < 1.29 is 23.7 Å². The number of ether oxygens (including phenoxy) is 4. The molecule has 8 heteroatoms. The molecule has 0 fully saturated rings. The lowest BCUT2D eigenvalue weighted by molar-refractivity contribution is -0.119. The van der Waals surface area contributed by atoms with E-state index in [1.54, 1.807) is 32.4 Å². The molecule has 144 valence electrons. The molecule has 1 amide bonds. The predicted octanol–water partition coefficient (Wildman–Crippen LogP) is 2.28. The molecule has 2 N–H and O–H groups in total. The first kappa shape index (κ1) is 19.9. The number of hydrogen-bond acceptors (Lipinski definition) is 7. The first-order valence-corrected chi connectivity index (χ1v) is 8.11. The molecular formula is C19H23N3O5. The van der Waals surface area contributed by atoms with Gasteiger partial charge in [-0.3, -0.25) is 4.79 Å². The number of carbonyl (C=O) groups excluding carboxylic acids is 1. The van der Waals surface area contributed by atoms with Gasteiger partial charge < -0.3 is 24.3 Å². The first-order chi connectivity index (χ1) is 13.1. The molecule has 2 rings (SSSR count). The Morgan fingerprint density at radius 3 is 2.44 bits per heavy atom. The molecule has 0 aliphatic heterocycles. The first-order valence-electron chi connectivity index (χ1n) is 8.11. The standard InChI is InChI=1S/C19H23N3O5/c1-24-15-7-5-6-14(10-15)20-12-17(23)22-21-11-13-8-9-16(25-2)19(27-4)18(13)26-3/h5-11,20H,12H2,1-4H3,(H,22,23)/b21-11-. The van der Waals surface area contributed by atoms with Crippen molar-refractivity contribution in [1.29, 1.82) is 0 Å². The Labute approximate surface area is 158 Å². The highest BCUT2D eigenvalue weighted by molar-refractivity contribution is 5.88. The molecule has 0 radical (unpaired) electrons. The van der Waals surface area contributed by atoms with Crippen molar-refractivity contribution in [2.45, 2.75) is 0 Å². The fraction of sp³-hybridized carbons (Fsp3) is 0.263. The van der Waals surface area contributed by atoms with Crippen LogP contribution in [0.3, 0.4) is 0 Å². The van der Waals surface area contributed by atoms with E-state index >= 15 is 0 Å². The van der Waals surface area contributed by atoms with Gasteiger partial charge in [-0.05, 0) is 24.3 Å². The van der Waals surface area contributed by atoms with Crippen LogP contribution in [-0.2, 0) is 4.79 Å². The summed E-state index contributed by atoms with van der Waals surface area (Å²) in [5.41, 5.74) is 3.87. The Balaban J connectivity index is 1.97. The fourth-order valence-corrected chi connectivity index (χ4v) is 2.35. The third-order valence-corrected chi connectivity index (χ3v) is 3.65. The van der Waals surface area contributed by atoms with E-state index < -0.39 is 0 Å². The third-order valence-electron chi connectivity index (χ3n) is 3.65. The maximum absolute atomic E-state index is 11.9. The molecule has 0 unspecified atom stereocenters. The molecule has 8 nitrogen and oxygen atoms in total. The topological polar surface area (TPSA) is 90.4 Å². The van der Waals surface area contributed by atoms with Crippen molar-refractivity contribution in [3.63, 3.8) is 0 Å². The maximum atomic E-state index is 11.9. The van der Waals surface area contributed by atoms with E-state index in [1.807, 2.05) is 18.2 Å². The summed E-state index contributed by atoms with van der Waals surface area (Å²) in [4.78, 5) is 11.9. The zero-order chi connectivity index (χ0) is 19.6. The van der Waals surface area contributed by atoms with Gasteiger partial charge in [0.05, 0.1) is 41.2 Å². The Morgan fingerprint density at radius 1 is 1.00 bits per heavy atom. The van der Waals surface area contributed by atoms with Gasteiger partial charge in [-0.25, -0.2) is 5.43 Å². The minimum absolute atomic E-state index is 0.0631. The van der Waals surface area contributed by atoms with Crippen LogP contribution in [0.25, 0.3) is 0 Å². The third kappa shape index (κ3) is 5.27. The lowest BCUT2D eigenvalue weighted by Gasteiger charge is -2.13. The van der Waals surface area contributed by atoms with E-state index in [9.17, 15) is 4.79 Å². The van der Waals surface area contributed by atoms with E-state index in [1.165, 1.54) is 20.4 Å². The van der Waals surface area contributed by atoms with Gasteiger partial charge in [-0.15, -0.1) is 0 Å². The minimum atomic E-state index is -0.298. The average Bonchev–Trinajstić information content (AvgIpc) is 2.71. The van der Waals surface area contributed by atoms with Crippen molar-refractivity contribution in [1.82, 2.24) is 5.43 Å². The lowest BCUT2D eigenvalue weighted by Crippen LogP contribution is -2.25. The molecule has 0 atom stereocenters. The monoisotopic (exact) mass is 373 g/mol. The van der Waals surface area contributed by atoms with Crippen LogP contribution in [-0.4, -0.2) is 47.1 Å². The molecule has 0 bridgehead atoms. The highest BCUT2D eigenvalue weighted by atomic mass is 16.5. The molecule has 0 aliphatic carbocycles. The van der Waals surface area contributed by atoms with E-state index in [0.717, 1.165) is 5.69 Å². The number of nitrogens with zero attached hydrogens (tertiary/aromatic N) is 1. The molecule has 0 heterocycles. The van der Waals surface area contributed by atoms with E-state index in [2.05, 4.69) is 15.8 Å². The summed E-state index contributed by atoms with van der Waals surface area (Å²) < 4.78 is 21.0. The predicted molar refractivity (Wildman–Crippen MR) is 103 cm³/mol. The van der Waals surface area contributed by atoms with Gasteiger partial charge in [-0.2, -0.15) is 5.10 Å². The number of carbonyl (C=O) groups is 1. The van der Waals surface area contributed by atoms with Crippen LogP contribution < -0.4 is 29.7 Å². The van der Waals surface area contributed by atoms with Gasteiger partial charge in [0, 0.05) is 17.3 Å². The maximum Gasteiger partial charge on any atom is 0.259 e. The van der Waals surface area contributed by atoms with Gasteiger partial charge >= 0.3 is 0 Å². The normalized spacial score (nSPS) is 10.4. The number of anilines is 1. The van der Waals surface area contributed by atoms with E-state index in [4.69, 9.17) is 18.9 Å². The SMILES string of the molecule is COc1cccc(NCC(=O)N/N=C\c2ccc(OC)c(OC)c2OC)c1. The Bertz CT molecular complexity index is 808. The zero-order valence-electron chi connectivity index (χ0n) is 15.7. The number of benzene rings is 2. The second kappa shape index (κ2) is 9.91. The Kier molecular flexibility index (Phi) is 7.30. The number of nitrogens with one attached hydrogen (secondary N) is 2. The van der Waals surface area contributed by atoms with Crippen LogP contribution in [0.4, 0.5) is 5.69 Å². The smallest absolute Gasteiger partial charge is 0.259 e. The van der Waals surface area contributed by atoms with Crippen molar-refractivity contribution in [2.75, 3.05) is 40.3 Å².